The molecule has 34 heavy (non-hydrogen) atoms. The van der Waals surface area contributed by atoms with E-state index >= 15 is 0 Å². The molecule has 10 heteroatoms. The second kappa shape index (κ2) is 8.21. The van der Waals surface area contributed by atoms with Crippen LogP contribution >= 0.6 is 0 Å². The molecule has 3 heterocycles. The van der Waals surface area contributed by atoms with Gasteiger partial charge in [-0.05, 0) is 37.1 Å². The highest BCUT2D eigenvalue weighted by Gasteiger charge is 2.35. The molecule has 0 saturated heterocycles. The molecule has 1 aliphatic carbocycles. The predicted molar refractivity (Wildman–Crippen MR) is 123 cm³/mol. The molecule has 2 aromatic carbocycles. The van der Waals surface area contributed by atoms with Gasteiger partial charge in [-0.15, -0.1) is 0 Å². The van der Waals surface area contributed by atoms with Crippen LogP contribution in [0.4, 0.5) is 0 Å². The number of fused-ring (bicyclic) bond motifs is 3. The molecule has 178 valence electrons. The number of nitrogens with zero attached hydrogens (tertiary/aromatic N) is 1. The van der Waals surface area contributed by atoms with Crippen molar-refractivity contribution in [2.24, 2.45) is 0 Å². The maximum absolute atomic E-state index is 13.8. The van der Waals surface area contributed by atoms with Gasteiger partial charge in [0, 0.05) is 35.7 Å². The maximum atomic E-state index is 13.8. The van der Waals surface area contributed by atoms with E-state index in [1.54, 1.807) is 24.3 Å². The van der Waals surface area contributed by atoms with E-state index in [0.717, 1.165) is 31.1 Å². The number of H-pyrrole nitrogens is 1. The van der Waals surface area contributed by atoms with Crippen molar-refractivity contribution in [3.63, 3.8) is 0 Å². The zero-order valence-corrected chi connectivity index (χ0v) is 19.2. The van der Waals surface area contributed by atoms with E-state index in [4.69, 9.17) is 18.9 Å². The van der Waals surface area contributed by atoms with Crippen molar-refractivity contribution >= 4 is 20.9 Å². The van der Waals surface area contributed by atoms with Crippen LogP contribution in [0.15, 0.2) is 46.1 Å². The number of hydrogen-bond donors (Lipinski definition) is 1. The van der Waals surface area contributed by atoms with Gasteiger partial charge in [-0.1, -0.05) is 12.8 Å². The summed E-state index contributed by atoms with van der Waals surface area (Å²) in [7, 11) is -3.90. The average molecular weight is 485 g/mol. The van der Waals surface area contributed by atoms with Gasteiger partial charge in [-0.2, -0.15) is 4.31 Å². The Morgan fingerprint density at radius 1 is 0.882 bits per heavy atom. The first-order valence-electron chi connectivity index (χ1n) is 11.4. The van der Waals surface area contributed by atoms with Crippen LogP contribution in [0.2, 0.25) is 0 Å². The van der Waals surface area contributed by atoms with Crippen molar-refractivity contribution in [1.82, 2.24) is 9.29 Å². The number of benzene rings is 2. The van der Waals surface area contributed by atoms with Gasteiger partial charge < -0.3 is 23.9 Å². The lowest BCUT2D eigenvalue weighted by atomic mass is 10.1. The number of hydrogen-bond acceptors (Lipinski definition) is 7. The highest BCUT2D eigenvalue weighted by molar-refractivity contribution is 7.89. The summed E-state index contributed by atoms with van der Waals surface area (Å²) < 4.78 is 51.1. The number of ether oxygens (including phenoxy) is 4. The molecule has 1 N–H and O–H groups in total. The molecule has 1 fully saturated rings. The van der Waals surface area contributed by atoms with Gasteiger partial charge in [0.05, 0.1) is 10.4 Å². The zero-order valence-electron chi connectivity index (χ0n) is 18.4. The molecule has 0 bridgehead atoms. The van der Waals surface area contributed by atoms with Crippen LogP contribution in [0, 0.1) is 0 Å². The number of pyridine rings is 1. The highest BCUT2D eigenvalue weighted by Crippen LogP contribution is 2.37. The lowest BCUT2D eigenvalue weighted by molar-refractivity contribution is 0.171. The molecule has 6 rings (SSSR count). The minimum atomic E-state index is -3.90. The summed E-state index contributed by atoms with van der Waals surface area (Å²) in [5.74, 6) is 2.12. The van der Waals surface area contributed by atoms with Crippen molar-refractivity contribution < 1.29 is 27.4 Å². The fourth-order valence-electron chi connectivity index (χ4n) is 4.85. The van der Waals surface area contributed by atoms with Gasteiger partial charge in [0.2, 0.25) is 16.8 Å². The third-order valence-corrected chi connectivity index (χ3v) is 8.49. The Hall–Kier alpha value is -3.24. The number of aromatic amines is 1. The smallest absolute Gasteiger partial charge is 0.252 e. The average Bonchev–Trinajstić information content (AvgIpc) is 3.53. The van der Waals surface area contributed by atoms with E-state index in [0.29, 0.717) is 47.3 Å². The Kier molecular flexibility index (Phi) is 5.14. The normalized spacial score (nSPS) is 17.6. The van der Waals surface area contributed by atoms with Crippen LogP contribution in [0.3, 0.4) is 0 Å². The Morgan fingerprint density at radius 3 is 2.38 bits per heavy atom. The molecule has 0 unspecified atom stereocenters. The number of aromatic nitrogens is 1. The van der Waals surface area contributed by atoms with E-state index in [1.165, 1.54) is 16.4 Å². The summed E-state index contributed by atoms with van der Waals surface area (Å²) in [4.78, 5) is 15.9. The molecule has 0 radical (unpaired) electrons. The van der Waals surface area contributed by atoms with Gasteiger partial charge in [0.1, 0.15) is 13.2 Å². The minimum absolute atomic E-state index is 0.0266. The summed E-state index contributed by atoms with van der Waals surface area (Å²) in [5.41, 5.74) is 0.659. The van der Waals surface area contributed by atoms with Crippen molar-refractivity contribution in [2.45, 2.75) is 43.2 Å². The van der Waals surface area contributed by atoms with E-state index < -0.39 is 10.0 Å². The second-order valence-electron chi connectivity index (χ2n) is 8.71. The van der Waals surface area contributed by atoms with Crippen molar-refractivity contribution in [2.75, 3.05) is 20.0 Å². The topological polar surface area (TPSA) is 107 Å². The van der Waals surface area contributed by atoms with E-state index in [1.807, 2.05) is 0 Å². The summed E-state index contributed by atoms with van der Waals surface area (Å²) in [6, 6.07) is 9.75. The fraction of sp³-hybridized carbons (Fsp3) is 0.375. The molecule has 9 nitrogen and oxygen atoms in total. The Morgan fingerprint density at radius 2 is 1.59 bits per heavy atom. The number of rotatable bonds is 5. The molecule has 3 aliphatic rings. The van der Waals surface area contributed by atoms with Crippen molar-refractivity contribution in [3.05, 3.63) is 52.3 Å². The standard InChI is InChI=1S/C24H24N2O7S/c27-24-16(9-15-10-21-23(33-14-32-21)12-19(15)25-24)13-26(17-3-1-2-4-17)34(28,29)18-5-6-20-22(11-18)31-8-7-30-20/h5-6,9-12,17H,1-4,7-8,13-14H2,(H,25,27). The quantitative estimate of drug-likeness (QED) is 0.593. The fourth-order valence-corrected chi connectivity index (χ4v) is 6.53. The van der Waals surface area contributed by atoms with Crippen LogP contribution in [0.1, 0.15) is 31.2 Å². The predicted octanol–water partition coefficient (Wildman–Crippen LogP) is 3.16. The monoisotopic (exact) mass is 484 g/mol. The lowest BCUT2D eigenvalue weighted by Gasteiger charge is -2.28. The number of nitrogens with one attached hydrogen (secondary N) is 1. The Bertz CT molecular complexity index is 1430. The molecule has 0 spiro atoms. The first-order valence-corrected chi connectivity index (χ1v) is 12.8. The van der Waals surface area contributed by atoms with Gasteiger partial charge in [0.15, 0.2) is 23.0 Å². The molecule has 2 aliphatic heterocycles. The van der Waals surface area contributed by atoms with Crippen LogP contribution in [-0.2, 0) is 16.6 Å². The van der Waals surface area contributed by atoms with Crippen LogP contribution in [-0.4, -0.2) is 43.8 Å². The molecule has 3 aromatic rings. The van der Waals surface area contributed by atoms with Gasteiger partial charge in [-0.3, -0.25) is 4.79 Å². The first kappa shape index (κ1) is 21.3. The lowest BCUT2D eigenvalue weighted by Crippen LogP contribution is -2.39. The Balaban J connectivity index is 1.39. The summed E-state index contributed by atoms with van der Waals surface area (Å²) in [5, 5.41) is 0.752. The highest BCUT2D eigenvalue weighted by atomic mass is 32.2. The SMILES string of the molecule is O=c1[nH]c2cc3c(cc2cc1CN(C1CCCC1)S(=O)(=O)c1ccc2c(c1)OCCO2)OCO3. The van der Waals surface area contributed by atoms with Crippen LogP contribution in [0.5, 0.6) is 23.0 Å². The van der Waals surface area contributed by atoms with Gasteiger partial charge >= 0.3 is 0 Å². The van der Waals surface area contributed by atoms with E-state index in [-0.39, 0.29) is 29.8 Å². The van der Waals surface area contributed by atoms with Crippen molar-refractivity contribution in [1.29, 1.82) is 0 Å². The maximum Gasteiger partial charge on any atom is 0.252 e. The molecule has 1 aromatic heterocycles. The largest absolute Gasteiger partial charge is 0.486 e. The summed E-state index contributed by atoms with van der Waals surface area (Å²) in [6.07, 6.45) is 3.42. The Labute approximate surface area is 196 Å². The summed E-state index contributed by atoms with van der Waals surface area (Å²) >= 11 is 0. The van der Waals surface area contributed by atoms with Crippen LogP contribution in [0.25, 0.3) is 10.9 Å². The van der Waals surface area contributed by atoms with Crippen LogP contribution < -0.4 is 24.5 Å². The third-order valence-electron chi connectivity index (χ3n) is 6.59. The second-order valence-corrected chi connectivity index (χ2v) is 10.6. The first-order chi connectivity index (χ1) is 16.5. The molecule has 1 saturated carbocycles. The van der Waals surface area contributed by atoms with Crippen molar-refractivity contribution in [3.8, 4) is 23.0 Å². The van der Waals surface area contributed by atoms with E-state index in [9.17, 15) is 13.2 Å². The molecule has 0 atom stereocenters. The van der Waals surface area contributed by atoms with E-state index in [2.05, 4.69) is 4.98 Å². The third kappa shape index (κ3) is 3.67. The molecular weight excluding hydrogens is 460 g/mol. The number of sulfonamides is 1. The minimum Gasteiger partial charge on any atom is -0.486 e. The molecule has 0 amide bonds. The zero-order chi connectivity index (χ0) is 23.3. The summed E-state index contributed by atoms with van der Waals surface area (Å²) in [6.45, 7) is 0.902. The van der Waals surface area contributed by atoms with Gasteiger partial charge in [-0.25, -0.2) is 8.42 Å². The molecular formula is C24H24N2O7S. The van der Waals surface area contributed by atoms with Gasteiger partial charge in [0.25, 0.3) is 5.56 Å².